The summed E-state index contributed by atoms with van der Waals surface area (Å²) < 4.78 is 0. The van der Waals surface area contributed by atoms with Gasteiger partial charge in [-0.1, -0.05) is 47.6 Å². The molecule has 0 aliphatic carbocycles. The zero-order valence-corrected chi connectivity index (χ0v) is 10.6. The predicted molar refractivity (Wildman–Crippen MR) is 78.4 cm³/mol. The van der Waals surface area contributed by atoms with E-state index < -0.39 is 0 Å². The molecule has 98 valence electrons. The van der Waals surface area contributed by atoms with Crippen molar-refractivity contribution in [1.29, 1.82) is 0 Å². The number of nitrogens with zero attached hydrogens (tertiary/aromatic N) is 1. The van der Waals surface area contributed by atoms with E-state index in [1.54, 1.807) is 0 Å². The van der Waals surface area contributed by atoms with Crippen molar-refractivity contribution >= 4 is 11.5 Å². The average molecular weight is 255 g/mol. The van der Waals surface area contributed by atoms with Crippen LogP contribution >= 0.6 is 0 Å². The lowest BCUT2D eigenvalue weighted by Crippen LogP contribution is -2.16. The van der Waals surface area contributed by atoms with Crippen molar-refractivity contribution in [2.75, 3.05) is 11.9 Å². The van der Waals surface area contributed by atoms with Gasteiger partial charge in [0.15, 0.2) is 0 Å². The molecule has 2 aromatic carbocycles. The number of hydrogen-bond acceptors (Lipinski definition) is 3. The molecule has 0 radical (unpaired) electrons. The van der Waals surface area contributed by atoms with Crippen LogP contribution < -0.4 is 11.1 Å². The minimum atomic E-state index is 0.230. The second-order valence-corrected chi connectivity index (χ2v) is 4.21. The maximum absolute atomic E-state index is 8.43. The normalized spacial score (nSPS) is 11.3. The summed E-state index contributed by atoms with van der Waals surface area (Å²) in [5.41, 5.74) is 8.80. The summed E-state index contributed by atoms with van der Waals surface area (Å²) in [5.74, 6) is 0.230. The molecule has 0 saturated carbocycles. The van der Waals surface area contributed by atoms with Gasteiger partial charge >= 0.3 is 0 Å². The molecule has 0 aliphatic heterocycles. The molecule has 0 aromatic heterocycles. The van der Waals surface area contributed by atoms with Gasteiger partial charge in [0, 0.05) is 18.7 Å². The fourth-order valence-electron chi connectivity index (χ4n) is 1.80. The maximum Gasteiger partial charge on any atom is 0.140 e. The van der Waals surface area contributed by atoms with Gasteiger partial charge in [0.1, 0.15) is 5.84 Å². The van der Waals surface area contributed by atoms with Crippen molar-refractivity contribution in [3.63, 3.8) is 0 Å². The summed E-state index contributed by atoms with van der Waals surface area (Å²) in [6.45, 7) is 0.639. The zero-order chi connectivity index (χ0) is 13.5. The minimum absolute atomic E-state index is 0.230. The SMILES string of the molecule is NC(CCNc1ccc(-c2ccccc2)cc1)=NO. The molecule has 4 N–H and O–H groups in total. The number of oxime groups is 1. The quantitative estimate of drug-likeness (QED) is 0.333. The summed E-state index contributed by atoms with van der Waals surface area (Å²) in [5, 5.41) is 14.6. The number of nitrogens with two attached hydrogens (primary N) is 1. The number of benzene rings is 2. The first-order valence-electron chi connectivity index (χ1n) is 6.15. The summed E-state index contributed by atoms with van der Waals surface area (Å²) in [6.07, 6.45) is 0.511. The average Bonchev–Trinajstić information content (AvgIpc) is 2.48. The van der Waals surface area contributed by atoms with Crippen molar-refractivity contribution in [3.05, 3.63) is 54.6 Å². The molecule has 2 aromatic rings. The summed E-state index contributed by atoms with van der Waals surface area (Å²) in [4.78, 5) is 0. The largest absolute Gasteiger partial charge is 0.409 e. The molecule has 19 heavy (non-hydrogen) atoms. The van der Waals surface area contributed by atoms with Crippen molar-refractivity contribution in [2.45, 2.75) is 6.42 Å². The van der Waals surface area contributed by atoms with Crippen LogP contribution in [-0.2, 0) is 0 Å². The first kappa shape index (κ1) is 13.0. The highest BCUT2D eigenvalue weighted by atomic mass is 16.4. The Morgan fingerprint density at radius 2 is 1.63 bits per heavy atom. The number of rotatable bonds is 5. The van der Waals surface area contributed by atoms with Crippen LogP contribution in [-0.4, -0.2) is 17.6 Å². The number of nitrogens with one attached hydrogen (secondary N) is 1. The molecule has 0 bridgehead atoms. The molecule has 2 rings (SSSR count). The first-order valence-corrected chi connectivity index (χ1v) is 6.15. The van der Waals surface area contributed by atoms with E-state index in [1.807, 2.05) is 30.3 Å². The summed E-state index contributed by atoms with van der Waals surface area (Å²) in [6, 6.07) is 18.4. The van der Waals surface area contributed by atoms with E-state index in [2.05, 4.69) is 34.7 Å². The molecule has 0 aliphatic rings. The van der Waals surface area contributed by atoms with Gasteiger partial charge in [-0.2, -0.15) is 0 Å². The number of anilines is 1. The van der Waals surface area contributed by atoms with Gasteiger partial charge in [0.05, 0.1) is 0 Å². The molecule has 0 atom stereocenters. The van der Waals surface area contributed by atoms with E-state index >= 15 is 0 Å². The van der Waals surface area contributed by atoms with Gasteiger partial charge in [-0.3, -0.25) is 0 Å². The molecule has 0 amide bonds. The van der Waals surface area contributed by atoms with E-state index in [1.165, 1.54) is 11.1 Å². The van der Waals surface area contributed by atoms with Crippen LogP contribution in [0.4, 0.5) is 5.69 Å². The second kappa shape index (κ2) is 6.44. The highest BCUT2D eigenvalue weighted by Crippen LogP contribution is 2.20. The van der Waals surface area contributed by atoms with E-state index in [0.29, 0.717) is 13.0 Å². The van der Waals surface area contributed by atoms with Crippen molar-refractivity contribution < 1.29 is 5.21 Å². The lowest BCUT2D eigenvalue weighted by Gasteiger charge is -2.07. The molecular weight excluding hydrogens is 238 g/mol. The van der Waals surface area contributed by atoms with E-state index in [4.69, 9.17) is 10.9 Å². The molecule has 0 saturated heterocycles. The van der Waals surface area contributed by atoms with Crippen LogP contribution in [0.3, 0.4) is 0 Å². The van der Waals surface area contributed by atoms with Crippen molar-refractivity contribution in [1.82, 2.24) is 0 Å². The third kappa shape index (κ3) is 3.74. The van der Waals surface area contributed by atoms with E-state index in [0.717, 1.165) is 5.69 Å². The Morgan fingerprint density at radius 1 is 1.00 bits per heavy atom. The molecule has 4 nitrogen and oxygen atoms in total. The topological polar surface area (TPSA) is 70.6 Å². The van der Waals surface area contributed by atoms with Crippen molar-refractivity contribution in [3.8, 4) is 11.1 Å². The number of hydrogen-bond donors (Lipinski definition) is 3. The molecule has 4 heteroatoms. The molecule has 0 spiro atoms. The van der Waals surface area contributed by atoms with Crippen LogP contribution in [0.25, 0.3) is 11.1 Å². The maximum atomic E-state index is 8.43. The Morgan fingerprint density at radius 3 is 2.26 bits per heavy atom. The van der Waals surface area contributed by atoms with E-state index in [-0.39, 0.29) is 5.84 Å². The van der Waals surface area contributed by atoms with Gasteiger partial charge < -0.3 is 16.3 Å². The Hall–Kier alpha value is -2.49. The third-order valence-electron chi connectivity index (χ3n) is 2.83. The van der Waals surface area contributed by atoms with Crippen LogP contribution in [0.15, 0.2) is 59.8 Å². The fraction of sp³-hybridized carbons (Fsp3) is 0.133. The minimum Gasteiger partial charge on any atom is -0.409 e. The predicted octanol–water partition coefficient (Wildman–Crippen LogP) is 2.90. The fourth-order valence-corrected chi connectivity index (χ4v) is 1.80. The highest BCUT2D eigenvalue weighted by Gasteiger charge is 1.98. The lowest BCUT2D eigenvalue weighted by atomic mass is 10.1. The van der Waals surface area contributed by atoms with Gasteiger partial charge in [-0.15, -0.1) is 0 Å². The third-order valence-corrected chi connectivity index (χ3v) is 2.83. The Labute approximate surface area is 112 Å². The van der Waals surface area contributed by atoms with Crippen LogP contribution in [0.1, 0.15) is 6.42 Å². The van der Waals surface area contributed by atoms with E-state index in [9.17, 15) is 0 Å². The molecule has 0 heterocycles. The Bertz CT molecular complexity index is 535. The van der Waals surface area contributed by atoms with Crippen molar-refractivity contribution in [2.24, 2.45) is 10.9 Å². The smallest absolute Gasteiger partial charge is 0.140 e. The molecular formula is C15H17N3O. The standard InChI is InChI=1S/C15H17N3O/c16-15(18-19)10-11-17-14-8-6-13(7-9-14)12-4-2-1-3-5-12/h1-9,17,19H,10-11H2,(H2,16,18). The van der Waals surface area contributed by atoms with Gasteiger partial charge in [0.25, 0.3) is 0 Å². The summed E-state index contributed by atoms with van der Waals surface area (Å²) >= 11 is 0. The monoisotopic (exact) mass is 255 g/mol. The second-order valence-electron chi connectivity index (χ2n) is 4.21. The summed E-state index contributed by atoms with van der Waals surface area (Å²) in [7, 11) is 0. The highest BCUT2D eigenvalue weighted by molar-refractivity contribution is 5.80. The van der Waals surface area contributed by atoms with Crippen LogP contribution in [0.2, 0.25) is 0 Å². The Kier molecular flexibility index (Phi) is 4.39. The van der Waals surface area contributed by atoms with Gasteiger partial charge in [-0.05, 0) is 23.3 Å². The van der Waals surface area contributed by atoms with Gasteiger partial charge in [0.2, 0.25) is 0 Å². The Balaban J connectivity index is 1.95. The zero-order valence-electron chi connectivity index (χ0n) is 10.6. The lowest BCUT2D eigenvalue weighted by molar-refractivity contribution is 0.317. The first-order chi connectivity index (χ1) is 9.29. The van der Waals surface area contributed by atoms with Crippen LogP contribution in [0.5, 0.6) is 0 Å². The number of amidine groups is 1. The van der Waals surface area contributed by atoms with Crippen LogP contribution in [0, 0.1) is 0 Å². The molecule has 0 unspecified atom stereocenters. The van der Waals surface area contributed by atoms with Gasteiger partial charge in [-0.25, -0.2) is 0 Å². The molecule has 0 fully saturated rings.